The molecule has 3 heteroatoms. The van der Waals surface area contributed by atoms with Gasteiger partial charge in [0.2, 0.25) is 0 Å². The van der Waals surface area contributed by atoms with Crippen LogP contribution in [0.25, 0.3) is 0 Å². The molecule has 4 saturated carbocycles. The molecule has 0 radical (unpaired) electrons. The van der Waals surface area contributed by atoms with Gasteiger partial charge in [0, 0.05) is 6.61 Å². The van der Waals surface area contributed by atoms with Crippen molar-refractivity contribution in [3.63, 3.8) is 0 Å². The second-order valence-corrected chi connectivity index (χ2v) is 6.76. The lowest BCUT2D eigenvalue weighted by Crippen LogP contribution is -2.52. The lowest BCUT2D eigenvalue weighted by atomic mass is 9.54. The highest BCUT2D eigenvalue weighted by molar-refractivity contribution is 5.03. The van der Waals surface area contributed by atoms with Crippen molar-refractivity contribution in [1.82, 2.24) is 0 Å². The molecule has 19 heavy (non-hydrogen) atoms. The molecule has 4 aliphatic rings. The zero-order valence-electron chi connectivity index (χ0n) is 12.2. The van der Waals surface area contributed by atoms with Gasteiger partial charge in [-0.05, 0) is 63.2 Å². The summed E-state index contributed by atoms with van der Waals surface area (Å²) >= 11 is 0. The van der Waals surface area contributed by atoms with Crippen LogP contribution in [-0.2, 0) is 14.2 Å². The Bertz CT molecular complexity index is 254. The highest BCUT2D eigenvalue weighted by atomic mass is 16.5. The van der Waals surface area contributed by atoms with E-state index in [9.17, 15) is 0 Å². The zero-order chi connectivity index (χ0) is 13.1. The van der Waals surface area contributed by atoms with Crippen molar-refractivity contribution in [1.29, 1.82) is 0 Å². The normalized spacial score (nSPS) is 39.9. The maximum atomic E-state index is 6.28. The third kappa shape index (κ3) is 3.32. The van der Waals surface area contributed by atoms with Gasteiger partial charge in [-0.2, -0.15) is 0 Å². The van der Waals surface area contributed by atoms with Crippen LogP contribution in [0, 0.1) is 17.8 Å². The second-order valence-electron chi connectivity index (χ2n) is 6.76. The van der Waals surface area contributed by atoms with Gasteiger partial charge in [0.1, 0.15) is 0 Å². The topological polar surface area (TPSA) is 27.7 Å². The summed E-state index contributed by atoms with van der Waals surface area (Å²) in [7, 11) is 0. The molecule has 0 saturated heterocycles. The summed E-state index contributed by atoms with van der Waals surface area (Å²) < 4.78 is 17.1. The summed E-state index contributed by atoms with van der Waals surface area (Å²) in [6, 6.07) is 0. The van der Waals surface area contributed by atoms with E-state index in [1.807, 2.05) is 6.92 Å². The minimum absolute atomic E-state index is 0.234. The van der Waals surface area contributed by atoms with Crippen LogP contribution in [0.1, 0.15) is 45.4 Å². The maximum Gasteiger partial charge on any atom is 0.0708 e. The third-order valence-electron chi connectivity index (χ3n) is 5.19. The first-order valence-electron chi connectivity index (χ1n) is 8.09. The fraction of sp³-hybridized carbons (Fsp3) is 1.00. The van der Waals surface area contributed by atoms with E-state index in [0.29, 0.717) is 13.2 Å². The van der Waals surface area contributed by atoms with E-state index in [0.717, 1.165) is 37.6 Å². The highest BCUT2D eigenvalue weighted by Gasteiger charge is 2.51. The van der Waals surface area contributed by atoms with Crippen LogP contribution < -0.4 is 0 Å². The van der Waals surface area contributed by atoms with Gasteiger partial charge < -0.3 is 14.2 Å². The van der Waals surface area contributed by atoms with Crippen molar-refractivity contribution < 1.29 is 14.2 Å². The van der Waals surface area contributed by atoms with Crippen molar-refractivity contribution in [3.8, 4) is 0 Å². The van der Waals surface area contributed by atoms with Gasteiger partial charge >= 0.3 is 0 Å². The first-order chi connectivity index (χ1) is 9.30. The monoisotopic (exact) mass is 268 g/mol. The van der Waals surface area contributed by atoms with Gasteiger partial charge in [-0.25, -0.2) is 0 Å². The van der Waals surface area contributed by atoms with E-state index < -0.39 is 0 Å². The average molecular weight is 268 g/mol. The molecule has 0 spiro atoms. The van der Waals surface area contributed by atoms with Crippen LogP contribution in [0.2, 0.25) is 0 Å². The zero-order valence-corrected chi connectivity index (χ0v) is 12.2. The lowest BCUT2D eigenvalue weighted by molar-refractivity contribution is -0.169. The minimum Gasteiger partial charge on any atom is -0.379 e. The molecule has 0 N–H and O–H groups in total. The van der Waals surface area contributed by atoms with Gasteiger partial charge in [-0.1, -0.05) is 0 Å². The van der Waals surface area contributed by atoms with Crippen molar-refractivity contribution in [2.75, 3.05) is 33.0 Å². The van der Waals surface area contributed by atoms with E-state index in [2.05, 4.69) is 0 Å². The summed E-state index contributed by atoms with van der Waals surface area (Å²) in [6.45, 7) is 5.66. The summed E-state index contributed by atoms with van der Waals surface area (Å²) in [5, 5.41) is 0. The Morgan fingerprint density at radius 2 is 1.32 bits per heavy atom. The van der Waals surface area contributed by atoms with Crippen molar-refractivity contribution in [3.05, 3.63) is 0 Å². The van der Waals surface area contributed by atoms with E-state index >= 15 is 0 Å². The molecule has 4 aliphatic carbocycles. The Labute approximate surface area is 117 Å². The maximum absolute atomic E-state index is 6.28. The molecule has 4 bridgehead atoms. The predicted molar refractivity (Wildman–Crippen MR) is 74.2 cm³/mol. The molecule has 3 nitrogen and oxygen atoms in total. The molecule has 0 atom stereocenters. The molecule has 0 aliphatic heterocycles. The van der Waals surface area contributed by atoms with Gasteiger partial charge in [-0.3, -0.25) is 0 Å². The van der Waals surface area contributed by atoms with E-state index in [1.54, 1.807) is 0 Å². The van der Waals surface area contributed by atoms with Gasteiger partial charge in [0.25, 0.3) is 0 Å². The van der Waals surface area contributed by atoms with Crippen LogP contribution in [0.4, 0.5) is 0 Å². The predicted octanol–water partition coefficient (Wildman–Crippen LogP) is 3.02. The highest BCUT2D eigenvalue weighted by Crippen LogP contribution is 2.57. The van der Waals surface area contributed by atoms with Crippen molar-refractivity contribution in [2.45, 2.75) is 51.0 Å². The Balaban J connectivity index is 1.36. The number of hydrogen-bond donors (Lipinski definition) is 0. The number of rotatable bonds is 8. The molecule has 0 aromatic carbocycles. The van der Waals surface area contributed by atoms with Crippen LogP contribution in [0.5, 0.6) is 0 Å². The first kappa shape index (κ1) is 13.8. The number of hydrogen-bond acceptors (Lipinski definition) is 3. The fourth-order valence-electron chi connectivity index (χ4n) is 4.89. The quantitative estimate of drug-likeness (QED) is 0.633. The molecule has 0 aromatic rings. The molecule has 0 aromatic heterocycles. The fourth-order valence-corrected chi connectivity index (χ4v) is 4.89. The Morgan fingerprint density at radius 3 is 1.89 bits per heavy atom. The van der Waals surface area contributed by atoms with Gasteiger partial charge in [-0.15, -0.1) is 0 Å². The van der Waals surface area contributed by atoms with Crippen LogP contribution in [0.3, 0.4) is 0 Å². The summed E-state index contributed by atoms with van der Waals surface area (Å²) in [4.78, 5) is 0. The van der Waals surface area contributed by atoms with Crippen molar-refractivity contribution in [2.24, 2.45) is 17.8 Å². The Hall–Kier alpha value is -0.120. The standard InChI is InChI=1S/C16H28O3/c1-2-17-3-4-18-5-6-19-16-10-13-7-14(11-16)9-15(8-13)12-16/h13-15H,2-12H2,1H3. The molecule has 0 unspecified atom stereocenters. The summed E-state index contributed by atoms with van der Waals surface area (Å²) in [5.41, 5.74) is 0.234. The van der Waals surface area contributed by atoms with E-state index in [1.165, 1.54) is 38.5 Å². The smallest absolute Gasteiger partial charge is 0.0708 e. The molecule has 0 amide bonds. The SMILES string of the molecule is CCOCCOCCOC12CC3CC(CC(C3)C1)C2. The van der Waals surface area contributed by atoms with E-state index in [-0.39, 0.29) is 5.60 Å². The van der Waals surface area contributed by atoms with Crippen LogP contribution in [0.15, 0.2) is 0 Å². The molecule has 110 valence electrons. The van der Waals surface area contributed by atoms with E-state index in [4.69, 9.17) is 14.2 Å². The molecular formula is C16H28O3. The third-order valence-corrected chi connectivity index (χ3v) is 5.19. The Morgan fingerprint density at radius 1 is 0.789 bits per heavy atom. The van der Waals surface area contributed by atoms with Gasteiger partial charge in [0.15, 0.2) is 0 Å². The Kier molecular flexibility index (Phi) is 4.45. The molecule has 0 heterocycles. The second kappa shape index (κ2) is 6.11. The number of ether oxygens (including phenoxy) is 3. The molecule has 4 rings (SSSR count). The minimum atomic E-state index is 0.234. The van der Waals surface area contributed by atoms with Crippen LogP contribution >= 0.6 is 0 Å². The van der Waals surface area contributed by atoms with Crippen molar-refractivity contribution >= 4 is 0 Å². The largest absolute Gasteiger partial charge is 0.379 e. The lowest BCUT2D eigenvalue weighted by Gasteiger charge is -2.56. The summed E-state index contributed by atoms with van der Waals surface area (Å²) in [5.74, 6) is 2.89. The van der Waals surface area contributed by atoms with Crippen LogP contribution in [-0.4, -0.2) is 38.6 Å². The molecular weight excluding hydrogens is 240 g/mol. The van der Waals surface area contributed by atoms with Gasteiger partial charge in [0.05, 0.1) is 32.0 Å². The average Bonchev–Trinajstić information content (AvgIpc) is 2.36. The first-order valence-corrected chi connectivity index (χ1v) is 8.09. The molecule has 4 fully saturated rings. The summed E-state index contributed by atoms with van der Waals surface area (Å²) in [6.07, 6.45) is 8.39.